The maximum atomic E-state index is 14.1. The number of nitrogens with zero attached hydrogens (tertiary/aromatic N) is 2. The highest BCUT2D eigenvalue weighted by atomic mass is 35.5. The molecule has 8 nitrogen and oxygen atoms in total. The summed E-state index contributed by atoms with van der Waals surface area (Å²) in [4.78, 5) is 28.6. The van der Waals surface area contributed by atoms with E-state index in [1.807, 2.05) is 13.8 Å². The molecule has 0 bridgehead atoms. The minimum atomic E-state index is -4.19. The van der Waals surface area contributed by atoms with Crippen LogP contribution in [0.5, 0.6) is 5.75 Å². The molecule has 0 spiro atoms. The molecule has 3 rings (SSSR count). The second kappa shape index (κ2) is 14.2. The normalized spacial score (nSPS) is 11.9. The summed E-state index contributed by atoms with van der Waals surface area (Å²) in [6.07, 6.45) is 0.339. The number of rotatable bonds is 13. The summed E-state index contributed by atoms with van der Waals surface area (Å²) in [5.41, 5.74) is 1.89. The van der Waals surface area contributed by atoms with Crippen LogP contribution >= 0.6 is 11.6 Å². The quantitative estimate of drug-likeness (QED) is 0.298. The summed E-state index contributed by atoms with van der Waals surface area (Å²) in [7, 11) is -4.19. The molecule has 0 radical (unpaired) electrons. The second-order valence-electron chi connectivity index (χ2n) is 9.19. The summed E-state index contributed by atoms with van der Waals surface area (Å²) < 4.78 is 34.9. The van der Waals surface area contributed by atoms with E-state index in [9.17, 15) is 18.0 Å². The molecule has 3 aromatic rings. The molecule has 0 heterocycles. The molecule has 1 atom stereocenters. The van der Waals surface area contributed by atoms with Gasteiger partial charge in [0.05, 0.1) is 17.2 Å². The van der Waals surface area contributed by atoms with E-state index >= 15 is 0 Å². The van der Waals surface area contributed by atoms with Gasteiger partial charge < -0.3 is 15.0 Å². The molecular formula is C30H36ClN3O5S. The van der Waals surface area contributed by atoms with Crippen molar-refractivity contribution in [2.24, 2.45) is 0 Å². The highest BCUT2D eigenvalue weighted by Gasteiger charge is 2.34. The van der Waals surface area contributed by atoms with Crippen molar-refractivity contribution in [1.82, 2.24) is 10.2 Å². The van der Waals surface area contributed by atoms with E-state index in [-0.39, 0.29) is 23.0 Å². The summed E-state index contributed by atoms with van der Waals surface area (Å²) in [5, 5.41) is 3.34. The van der Waals surface area contributed by atoms with Gasteiger partial charge in [0.2, 0.25) is 11.8 Å². The molecular weight excluding hydrogens is 550 g/mol. The third-order valence-corrected chi connectivity index (χ3v) is 8.35. The molecule has 1 N–H and O–H groups in total. The predicted molar refractivity (Wildman–Crippen MR) is 158 cm³/mol. The first-order chi connectivity index (χ1) is 19.1. The molecule has 0 saturated heterocycles. The zero-order chi connectivity index (χ0) is 29.3. The van der Waals surface area contributed by atoms with Crippen molar-refractivity contribution < 1.29 is 22.7 Å². The lowest BCUT2D eigenvalue weighted by Gasteiger charge is -2.33. The number of hydrogen-bond acceptors (Lipinski definition) is 5. The van der Waals surface area contributed by atoms with Crippen molar-refractivity contribution in [3.05, 3.63) is 88.9 Å². The molecule has 3 aromatic carbocycles. The molecule has 40 heavy (non-hydrogen) atoms. The Morgan fingerprint density at radius 2 is 1.60 bits per heavy atom. The highest BCUT2D eigenvalue weighted by molar-refractivity contribution is 7.92. The van der Waals surface area contributed by atoms with Crippen LogP contribution in [0.4, 0.5) is 5.69 Å². The average Bonchev–Trinajstić information content (AvgIpc) is 2.93. The van der Waals surface area contributed by atoms with E-state index in [0.717, 1.165) is 15.4 Å². The van der Waals surface area contributed by atoms with Crippen LogP contribution in [0.25, 0.3) is 0 Å². The van der Waals surface area contributed by atoms with E-state index in [1.165, 1.54) is 17.0 Å². The van der Waals surface area contributed by atoms with Crippen molar-refractivity contribution >= 4 is 39.1 Å². The van der Waals surface area contributed by atoms with Gasteiger partial charge >= 0.3 is 0 Å². The third kappa shape index (κ3) is 7.55. The van der Waals surface area contributed by atoms with Crippen molar-refractivity contribution in [3.63, 3.8) is 0 Å². The first-order valence-corrected chi connectivity index (χ1v) is 15.1. The first kappa shape index (κ1) is 31.0. The maximum absolute atomic E-state index is 14.1. The fourth-order valence-corrected chi connectivity index (χ4v) is 5.84. The number of ether oxygens (including phenoxy) is 1. The van der Waals surface area contributed by atoms with Gasteiger partial charge in [-0.2, -0.15) is 0 Å². The zero-order valence-corrected chi connectivity index (χ0v) is 24.8. The molecule has 0 aliphatic heterocycles. The third-order valence-electron chi connectivity index (χ3n) is 6.32. The Bertz CT molecular complexity index is 1400. The van der Waals surface area contributed by atoms with Crippen LogP contribution in [0.2, 0.25) is 5.02 Å². The standard InChI is InChI=1S/C30H36ClN3O5S/c1-5-26(30(36)32-6-2)33(20-23-14-16-24(31)17-15-23)29(35)21-34(27-10-8-9-11-28(27)39-7-3)40(37,38)25-18-12-22(4)13-19-25/h8-19,26H,5-7,20-21H2,1-4H3,(H,32,36). The van der Waals surface area contributed by atoms with Gasteiger partial charge in [-0.05, 0) is 69.2 Å². The predicted octanol–water partition coefficient (Wildman–Crippen LogP) is 5.19. The van der Waals surface area contributed by atoms with E-state index < -0.39 is 28.5 Å². The minimum Gasteiger partial charge on any atom is -0.492 e. The van der Waals surface area contributed by atoms with Crippen LogP contribution < -0.4 is 14.4 Å². The number of sulfonamides is 1. The van der Waals surface area contributed by atoms with Gasteiger partial charge in [-0.25, -0.2) is 8.42 Å². The van der Waals surface area contributed by atoms with Crippen molar-refractivity contribution in [2.45, 2.75) is 51.6 Å². The van der Waals surface area contributed by atoms with Gasteiger partial charge in [-0.15, -0.1) is 0 Å². The lowest BCUT2D eigenvalue weighted by Crippen LogP contribution is -2.52. The number of aryl methyl sites for hydroxylation is 1. The Balaban J connectivity index is 2.10. The summed E-state index contributed by atoms with van der Waals surface area (Å²) >= 11 is 6.06. The number of carbonyl (C=O) groups excluding carboxylic acids is 2. The zero-order valence-electron chi connectivity index (χ0n) is 23.3. The van der Waals surface area contributed by atoms with Gasteiger partial charge in [-0.3, -0.25) is 13.9 Å². The van der Waals surface area contributed by atoms with Gasteiger partial charge in [0, 0.05) is 18.1 Å². The summed E-state index contributed by atoms with van der Waals surface area (Å²) in [6.45, 7) is 7.54. The fourth-order valence-electron chi connectivity index (χ4n) is 4.29. The van der Waals surface area contributed by atoms with E-state index in [2.05, 4.69) is 5.32 Å². The summed E-state index contributed by atoms with van der Waals surface area (Å²) in [6, 6.07) is 19.3. The van der Waals surface area contributed by atoms with E-state index in [1.54, 1.807) is 74.5 Å². The molecule has 0 fully saturated rings. The van der Waals surface area contributed by atoms with Crippen LogP contribution in [0.3, 0.4) is 0 Å². The molecule has 0 aliphatic rings. The number of amides is 2. The molecule has 0 aromatic heterocycles. The van der Waals surface area contributed by atoms with Crippen LogP contribution in [0.15, 0.2) is 77.7 Å². The van der Waals surface area contributed by atoms with E-state index in [0.29, 0.717) is 30.3 Å². The Morgan fingerprint density at radius 3 is 2.20 bits per heavy atom. The minimum absolute atomic E-state index is 0.0391. The lowest BCUT2D eigenvalue weighted by atomic mass is 10.1. The molecule has 0 aliphatic carbocycles. The van der Waals surface area contributed by atoms with Gasteiger partial charge in [-0.1, -0.05) is 60.5 Å². The maximum Gasteiger partial charge on any atom is 0.264 e. The van der Waals surface area contributed by atoms with Crippen LogP contribution in [-0.4, -0.2) is 50.9 Å². The number of benzene rings is 3. The SMILES string of the molecule is CCNC(=O)C(CC)N(Cc1ccc(Cl)cc1)C(=O)CN(c1ccccc1OCC)S(=O)(=O)c1ccc(C)cc1. The van der Waals surface area contributed by atoms with Gasteiger partial charge in [0.15, 0.2) is 0 Å². The molecule has 2 amide bonds. The molecule has 0 saturated carbocycles. The van der Waals surface area contributed by atoms with Crippen LogP contribution in [0.1, 0.15) is 38.3 Å². The average molecular weight is 586 g/mol. The van der Waals surface area contributed by atoms with Gasteiger partial charge in [0.1, 0.15) is 18.3 Å². The number of carbonyl (C=O) groups is 2. The van der Waals surface area contributed by atoms with Gasteiger partial charge in [0.25, 0.3) is 10.0 Å². The topological polar surface area (TPSA) is 96.0 Å². The number of anilines is 1. The Morgan fingerprint density at radius 1 is 0.950 bits per heavy atom. The molecule has 1 unspecified atom stereocenters. The Kier molecular flexibility index (Phi) is 11.0. The fraction of sp³-hybridized carbons (Fsp3) is 0.333. The number of halogens is 1. The van der Waals surface area contributed by atoms with Crippen LogP contribution in [-0.2, 0) is 26.2 Å². The Labute approximate surface area is 241 Å². The second-order valence-corrected chi connectivity index (χ2v) is 11.5. The number of nitrogens with one attached hydrogen (secondary N) is 1. The van der Waals surface area contributed by atoms with Crippen LogP contribution in [0, 0.1) is 6.92 Å². The number of hydrogen-bond donors (Lipinski definition) is 1. The van der Waals surface area contributed by atoms with Crippen molar-refractivity contribution in [3.8, 4) is 5.75 Å². The summed E-state index contributed by atoms with van der Waals surface area (Å²) in [5.74, 6) is -0.515. The first-order valence-electron chi connectivity index (χ1n) is 13.2. The smallest absolute Gasteiger partial charge is 0.264 e. The lowest BCUT2D eigenvalue weighted by molar-refractivity contribution is -0.140. The van der Waals surface area contributed by atoms with Crippen molar-refractivity contribution in [1.29, 1.82) is 0 Å². The monoisotopic (exact) mass is 585 g/mol. The highest BCUT2D eigenvalue weighted by Crippen LogP contribution is 2.33. The van der Waals surface area contributed by atoms with E-state index in [4.69, 9.17) is 16.3 Å². The molecule has 214 valence electrons. The Hall–Kier alpha value is -3.56. The molecule has 10 heteroatoms. The van der Waals surface area contributed by atoms with Crippen molar-refractivity contribution in [2.75, 3.05) is 24.0 Å². The number of likely N-dealkylation sites (N-methyl/N-ethyl adjacent to an activating group) is 1. The number of para-hydroxylation sites is 2. The largest absolute Gasteiger partial charge is 0.492 e.